The van der Waals surface area contributed by atoms with Crippen LogP contribution in [0.15, 0.2) is 0 Å². The van der Waals surface area contributed by atoms with Gasteiger partial charge in [0.25, 0.3) is 0 Å². The van der Waals surface area contributed by atoms with E-state index in [4.69, 9.17) is 4.74 Å². The molecule has 18 heavy (non-hydrogen) atoms. The smallest absolute Gasteiger partial charge is 0.0587 e. The van der Waals surface area contributed by atoms with E-state index in [1.54, 1.807) is 0 Å². The van der Waals surface area contributed by atoms with Crippen LogP contribution in [0.1, 0.15) is 44.9 Å². The maximum absolute atomic E-state index is 5.85. The first kappa shape index (κ1) is 12.9. The monoisotopic (exact) mass is 252 g/mol. The molecule has 0 aliphatic carbocycles. The molecule has 0 saturated carbocycles. The van der Waals surface area contributed by atoms with Gasteiger partial charge in [-0.1, -0.05) is 0 Å². The molecule has 2 unspecified atom stereocenters. The van der Waals surface area contributed by atoms with Crippen molar-refractivity contribution in [2.24, 2.45) is 0 Å². The summed E-state index contributed by atoms with van der Waals surface area (Å²) in [4.78, 5) is 5.42. The third-order valence-electron chi connectivity index (χ3n) is 4.93. The quantitative estimate of drug-likeness (QED) is 0.765. The molecule has 0 radical (unpaired) electrons. The van der Waals surface area contributed by atoms with Gasteiger partial charge in [0.15, 0.2) is 0 Å². The Morgan fingerprint density at radius 2 is 1.89 bits per heavy atom. The normalized spacial score (nSPS) is 35.3. The fourth-order valence-corrected chi connectivity index (χ4v) is 3.85. The molecule has 3 fully saturated rings. The standard InChI is InChI=1S/C15H28N2O/c1-2-12-18-15(6-1)7-11-16-8-4-10-17-9-3-5-14(17)13-16/h14-15H,1-13H2. The van der Waals surface area contributed by atoms with E-state index in [2.05, 4.69) is 9.80 Å². The zero-order valence-corrected chi connectivity index (χ0v) is 11.6. The van der Waals surface area contributed by atoms with Crippen molar-refractivity contribution in [3.05, 3.63) is 0 Å². The van der Waals surface area contributed by atoms with E-state index >= 15 is 0 Å². The molecule has 3 aliphatic heterocycles. The Labute approximate surface area is 111 Å². The SMILES string of the molecule is C1CCC(CCN2CCCN3CCCC3C2)OC1. The molecule has 0 bridgehead atoms. The first-order valence-electron chi connectivity index (χ1n) is 8.00. The molecule has 3 aliphatic rings. The van der Waals surface area contributed by atoms with Crippen LogP contribution in [0, 0.1) is 0 Å². The second-order valence-electron chi connectivity index (χ2n) is 6.26. The fourth-order valence-electron chi connectivity index (χ4n) is 3.85. The molecule has 0 spiro atoms. The van der Waals surface area contributed by atoms with Crippen LogP contribution in [0.4, 0.5) is 0 Å². The molecule has 0 amide bonds. The largest absolute Gasteiger partial charge is 0.378 e. The summed E-state index contributed by atoms with van der Waals surface area (Å²) in [5, 5.41) is 0. The summed E-state index contributed by atoms with van der Waals surface area (Å²) in [6.45, 7) is 7.56. The molecule has 0 aromatic carbocycles. The first-order valence-corrected chi connectivity index (χ1v) is 8.00. The van der Waals surface area contributed by atoms with E-state index in [-0.39, 0.29) is 0 Å². The Bertz CT molecular complexity index is 253. The van der Waals surface area contributed by atoms with Crippen LogP contribution < -0.4 is 0 Å². The molecule has 104 valence electrons. The van der Waals surface area contributed by atoms with E-state index in [1.165, 1.54) is 77.7 Å². The van der Waals surface area contributed by atoms with Gasteiger partial charge in [0.05, 0.1) is 6.10 Å². The molecule has 0 aromatic heterocycles. The van der Waals surface area contributed by atoms with E-state index < -0.39 is 0 Å². The average molecular weight is 252 g/mol. The van der Waals surface area contributed by atoms with Crippen LogP contribution >= 0.6 is 0 Å². The highest BCUT2D eigenvalue weighted by Crippen LogP contribution is 2.22. The Morgan fingerprint density at radius 1 is 0.944 bits per heavy atom. The Kier molecular flexibility index (Phi) is 4.55. The van der Waals surface area contributed by atoms with Crippen LogP contribution in [0.5, 0.6) is 0 Å². The lowest BCUT2D eigenvalue weighted by molar-refractivity contribution is 0.00523. The van der Waals surface area contributed by atoms with Crippen molar-refractivity contribution in [3.63, 3.8) is 0 Å². The van der Waals surface area contributed by atoms with Gasteiger partial charge in [-0.15, -0.1) is 0 Å². The van der Waals surface area contributed by atoms with Gasteiger partial charge >= 0.3 is 0 Å². The van der Waals surface area contributed by atoms with Crippen LogP contribution in [0.25, 0.3) is 0 Å². The lowest BCUT2D eigenvalue weighted by Gasteiger charge is -2.28. The summed E-state index contributed by atoms with van der Waals surface area (Å²) in [7, 11) is 0. The topological polar surface area (TPSA) is 15.7 Å². The molecule has 3 nitrogen and oxygen atoms in total. The zero-order valence-electron chi connectivity index (χ0n) is 11.6. The summed E-state index contributed by atoms with van der Waals surface area (Å²) in [6.07, 6.45) is 9.97. The second-order valence-corrected chi connectivity index (χ2v) is 6.26. The highest BCUT2D eigenvalue weighted by atomic mass is 16.5. The Balaban J connectivity index is 1.43. The average Bonchev–Trinajstić information content (AvgIpc) is 2.76. The molecule has 0 aromatic rings. The van der Waals surface area contributed by atoms with Gasteiger partial charge in [-0.3, -0.25) is 4.90 Å². The molecule has 3 saturated heterocycles. The number of hydrogen-bond acceptors (Lipinski definition) is 3. The minimum Gasteiger partial charge on any atom is -0.378 e. The highest BCUT2D eigenvalue weighted by molar-refractivity contribution is 4.85. The van der Waals surface area contributed by atoms with Gasteiger partial charge in [0, 0.05) is 25.7 Å². The minimum atomic E-state index is 0.557. The van der Waals surface area contributed by atoms with Crippen molar-refractivity contribution in [1.29, 1.82) is 0 Å². The maximum Gasteiger partial charge on any atom is 0.0587 e. The van der Waals surface area contributed by atoms with Crippen molar-refractivity contribution < 1.29 is 4.74 Å². The molecular formula is C15H28N2O. The van der Waals surface area contributed by atoms with Crippen LogP contribution in [0.2, 0.25) is 0 Å². The van der Waals surface area contributed by atoms with Crippen LogP contribution in [0.3, 0.4) is 0 Å². The number of hydrogen-bond donors (Lipinski definition) is 0. The maximum atomic E-state index is 5.85. The van der Waals surface area contributed by atoms with E-state index in [9.17, 15) is 0 Å². The van der Waals surface area contributed by atoms with Crippen molar-refractivity contribution in [2.45, 2.75) is 57.1 Å². The number of nitrogens with zero attached hydrogens (tertiary/aromatic N) is 2. The summed E-state index contributed by atoms with van der Waals surface area (Å²) in [5.74, 6) is 0. The van der Waals surface area contributed by atoms with E-state index in [1.807, 2.05) is 0 Å². The fraction of sp³-hybridized carbons (Fsp3) is 1.00. The van der Waals surface area contributed by atoms with Gasteiger partial charge in [0.2, 0.25) is 0 Å². The molecule has 0 N–H and O–H groups in total. The Morgan fingerprint density at radius 3 is 2.78 bits per heavy atom. The second kappa shape index (κ2) is 6.36. The minimum absolute atomic E-state index is 0.557. The molecule has 2 atom stereocenters. The van der Waals surface area contributed by atoms with Crippen LogP contribution in [-0.4, -0.2) is 61.3 Å². The predicted octanol–water partition coefficient (Wildman–Crippen LogP) is 2.12. The lowest BCUT2D eigenvalue weighted by Crippen LogP contribution is -2.38. The first-order chi connectivity index (χ1) is 8.92. The van der Waals surface area contributed by atoms with Crippen molar-refractivity contribution in [2.75, 3.05) is 39.3 Å². The highest BCUT2D eigenvalue weighted by Gasteiger charge is 2.28. The summed E-state index contributed by atoms with van der Waals surface area (Å²) >= 11 is 0. The van der Waals surface area contributed by atoms with E-state index in [0.29, 0.717) is 6.10 Å². The molecule has 3 rings (SSSR count). The summed E-state index contributed by atoms with van der Waals surface area (Å²) in [6, 6.07) is 0.861. The van der Waals surface area contributed by atoms with Gasteiger partial charge in [-0.25, -0.2) is 0 Å². The van der Waals surface area contributed by atoms with Crippen LogP contribution in [-0.2, 0) is 4.74 Å². The summed E-state index contributed by atoms with van der Waals surface area (Å²) < 4.78 is 5.85. The van der Waals surface area contributed by atoms with E-state index in [0.717, 1.165) is 12.6 Å². The molecule has 3 heteroatoms. The van der Waals surface area contributed by atoms with Gasteiger partial charge < -0.3 is 9.64 Å². The number of rotatable bonds is 3. The summed E-state index contributed by atoms with van der Waals surface area (Å²) in [5.41, 5.74) is 0. The van der Waals surface area contributed by atoms with Crippen molar-refractivity contribution in [1.82, 2.24) is 9.80 Å². The predicted molar refractivity (Wildman–Crippen MR) is 73.9 cm³/mol. The third-order valence-corrected chi connectivity index (χ3v) is 4.93. The number of ether oxygens (including phenoxy) is 1. The van der Waals surface area contributed by atoms with Gasteiger partial charge in [-0.2, -0.15) is 0 Å². The van der Waals surface area contributed by atoms with Gasteiger partial charge in [-0.05, 0) is 64.6 Å². The lowest BCUT2D eigenvalue weighted by atomic mass is 10.1. The molecular weight excluding hydrogens is 224 g/mol. The Hall–Kier alpha value is -0.120. The molecule has 3 heterocycles. The number of fused-ring (bicyclic) bond motifs is 1. The van der Waals surface area contributed by atoms with Crippen molar-refractivity contribution >= 4 is 0 Å². The zero-order chi connectivity index (χ0) is 12.2. The third kappa shape index (κ3) is 3.25. The van der Waals surface area contributed by atoms with Gasteiger partial charge in [0.1, 0.15) is 0 Å². The van der Waals surface area contributed by atoms with Crippen molar-refractivity contribution in [3.8, 4) is 0 Å².